The van der Waals surface area contributed by atoms with Gasteiger partial charge in [0, 0.05) is 0 Å². The number of nitrogens with two attached hydrogens (primary N) is 1. The van der Waals surface area contributed by atoms with Crippen LogP contribution in [0.3, 0.4) is 0 Å². The second-order valence-corrected chi connectivity index (χ2v) is 5.28. The van der Waals surface area contributed by atoms with E-state index in [1.807, 2.05) is 19.1 Å². The molecule has 20 heavy (non-hydrogen) atoms. The maximum Gasteiger partial charge on any atom is 0.123 e. The standard InChI is InChI=1S/C17H21FN2/c1-11-5-4-6-16(13(11)3)17(20-19)10-14-7-8-15(18)9-12(14)2/h4-9,17,20H,10,19H2,1-3H3. The molecule has 0 saturated carbocycles. The zero-order valence-corrected chi connectivity index (χ0v) is 12.2. The van der Waals surface area contributed by atoms with E-state index >= 15 is 0 Å². The lowest BCUT2D eigenvalue weighted by Crippen LogP contribution is -2.30. The van der Waals surface area contributed by atoms with Crippen molar-refractivity contribution in [2.24, 2.45) is 5.84 Å². The summed E-state index contributed by atoms with van der Waals surface area (Å²) >= 11 is 0. The van der Waals surface area contributed by atoms with E-state index in [-0.39, 0.29) is 11.9 Å². The van der Waals surface area contributed by atoms with Crippen LogP contribution in [0.2, 0.25) is 0 Å². The normalized spacial score (nSPS) is 12.4. The van der Waals surface area contributed by atoms with E-state index in [9.17, 15) is 4.39 Å². The SMILES string of the molecule is Cc1cc(F)ccc1CC(NN)c1cccc(C)c1C. The molecule has 1 unspecified atom stereocenters. The van der Waals surface area contributed by atoms with Crippen molar-refractivity contribution in [1.29, 1.82) is 0 Å². The molecular weight excluding hydrogens is 251 g/mol. The Morgan fingerprint density at radius 1 is 1.10 bits per heavy atom. The van der Waals surface area contributed by atoms with Crippen LogP contribution in [0, 0.1) is 26.6 Å². The molecule has 2 rings (SSSR count). The first-order valence-electron chi connectivity index (χ1n) is 6.80. The topological polar surface area (TPSA) is 38.0 Å². The molecule has 3 N–H and O–H groups in total. The van der Waals surface area contributed by atoms with Gasteiger partial charge in [-0.05, 0) is 67.1 Å². The van der Waals surface area contributed by atoms with E-state index in [0.717, 1.165) is 17.5 Å². The molecule has 0 aliphatic carbocycles. The van der Waals surface area contributed by atoms with Gasteiger partial charge < -0.3 is 0 Å². The van der Waals surface area contributed by atoms with Crippen LogP contribution in [0.15, 0.2) is 36.4 Å². The Balaban J connectivity index is 2.31. The molecule has 0 radical (unpaired) electrons. The van der Waals surface area contributed by atoms with E-state index in [2.05, 4.69) is 31.4 Å². The van der Waals surface area contributed by atoms with Crippen LogP contribution in [0.1, 0.15) is 33.9 Å². The van der Waals surface area contributed by atoms with Crippen LogP contribution in [0.5, 0.6) is 0 Å². The molecule has 0 spiro atoms. The van der Waals surface area contributed by atoms with Crippen molar-refractivity contribution >= 4 is 0 Å². The second-order valence-electron chi connectivity index (χ2n) is 5.28. The molecule has 106 valence electrons. The number of benzene rings is 2. The summed E-state index contributed by atoms with van der Waals surface area (Å²) in [5, 5.41) is 0. The average molecular weight is 272 g/mol. The quantitative estimate of drug-likeness (QED) is 0.660. The van der Waals surface area contributed by atoms with Crippen molar-refractivity contribution in [3.63, 3.8) is 0 Å². The molecule has 2 nitrogen and oxygen atoms in total. The van der Waals surface area contributed by atoms with E-state index in [0.29, 0.717) is 0 Å². The van der Waals surface area contributed by atoms with Gasteiger partial charge in [-0.25, -0.2) is 4.39 Å². The van der Waals surface area contributed by atoms with Crippen molar-refractivity contribution in [2.45, 2.75) is 33.2 Å². The van der Waals surface area contributed by atoms with Crippen LogP contribution in [-0.4, -0.2) is 0 Å². The molecular formula is C17H21FN2. The van der Waals surface area contributed by atoms with E-state index < -0.39 is 0 Å². The van der Waals surface area contributed by atoms with Gasteiger partial charge in [0.25, 0.3) is 0 Å². The minimum Gasteiger partial charge on any atom is -0.271 e. The third-order valence-electron chi connectivity index (χ3n) is 3.95. The lowest BCUT2D eigenvalue weighted by Gasteiger charge is -2.20. The number of nitrogens with one attached hydrogen (secondary N) is 1. The van der Waals surface area contributed by atoms with Gasteiger partial charge in [-0.15, -0.1) is 0 Å². The molecule has 2 aromatic rings. The zero-order valence-electron chi connectivity index (χ0n) is 12.2. The zero-order chi connectivity index (χ0) is 14.7. The maximum atomic E-state index is 13.2. The number of hydrogen-bond acceptors (Lipinski definition) is 2. The third-order valence-corrected chi connectivity index (χ3v) is 3.95. The molecule has 2 aromatic carbocycles. The fourth-order valence-electron chi connectivity index (χ4n) is 2.52. The summed E-state index contributed by atoms with van der Waals surface area (Å²) in [6, 6.07) is 11.1. The van der Waals surface area contributed by atoms with Crippen LogP contribution < -0.4 is 11.3 Å². The summed E-state index contributed by atoms with van der Waals surface area (Å²) in [7, 11) is 0. The number of hydrazine groups is 1. The van der Waals surface area contributed by atoms with Gasteiger partial charge in [0.2, 0.25) is 0 Å². The van der Waals surface area contributed by atoms with Gasteiger partial charge in [0.15, 0.2) is 0 Å². The number of halogens is 1. The molecule has 0 aliphatic heterocycles. The molecule has 0 fully saturated rings. The van der Waals surface area contributed by atoms with Crippen LogP contribution in [0.4, 0.5) is 4.39 Å². The number of aryl methyl sites for hydroxylation is 2. The molecule has 0 amide bonds. The number of rotatable bonds is 4. The monoisotopic (exact) mass is 272 g/mol. The first kappa shape index (κ1) is 14.7. The van der Waals surface area contributed by atoms with Crippen LogP contribution >= 0.6 is 0 Å². The predicted octanol–water partition coefficient (Wildman–Crippen LogP) is 3.50. The third kappa shape index (κ3) is 3.06. The molecule has 0 bridgehead atoms. The lowest BCUT2D eigenvalue weighted by molar-refractivity contribution is 0.546. The van der Waals surface area contributed by atoms with Crippen molar-refractivity contribution < 1.29 is 4.39 Å². The molecule has 3 heteroatoms. The van der Waals surface area contributed by atoms with E-state index in [4.69, 9.17) is 5.84 Å². The molecule has 0 aromatic heterocycles. The smallest absolute Gasteiger partial charge is 0.123 e. The fraction of sp³-hybridized carbons (Fsp3) is 0.294. The van der Waals surface area contributed by atoms with Crippen molar-refractivity contribution in [3.05, 3.63) is 70.0 Å². The van der Waals surface area contributed by atoms with Crippen molar-refractivity contribution in [3.8, 4) is 0 Å². The van der Waals surface area contributed by atoms with Crippen LogP contribution in [0.25, 0.3) is 0 Å². The molecule has 1 atom stereocenters. The summed E-state index contributed by atoms with van der Waals surface area (Å²) in [5.41, 5.74) is 8.63. The van der Waals surface area contributed by atoms with Gasteiger partial charge in [0.05, 0.1) is 6.04 Å². The van der Waals surface area contributed by atoms with Gasteiger partial charge in [0.1, 0.15) is 5.82 Å². The van der Waals surface area contributed by atoms with Crippen molar-refractivity contribution in [1.82, 2.24) is 5.43 Å². The first-order chi connectivity index (χ1) is 9.52. The van der Waals surface area contributed by atoms with Crippen LogP contribution in [-0.2, 0) is 6.42 Å². The maximum absolute atomic E-state index is 13.2. The first-order valence-corrected chi connectivity index (χ1v) is 6.80. The second kappa shape index (κ2) is 6.16. The van der Waals surface area contributed by atoms with Gasteiger partial charge in [-0.3, -0.25) is 11.3 Å². The van der Waals surface area contributed by atoms with Gasteiger partial charge in [-0.1, -0.05) is 24.3 Å². The summed E-state index contributed by atoms with van der Waals surface area (Å²) in [6.07, 6.45) is 0.743. The summed E-state index contributed by atoms with van der Waals surface area (Å²) in [5.74, 6) is 5.53. The Morgan fingerprint density at radius 3 is 2.50 bits per heavy atom. The highest BCUT2D eigenvalue weighted by Crippen LogP contribution is 2.24. The highest BCUT2D eigenvalue weighted by atomic mass is 19.1. The van der Waals surface area contributed by atoms with Gasteiger partial charge in [-0.2, -0.15) is 0 Å². The summed E-state index contributed by atoms with van der Waals surface area (Å²) < 4.78 is 13.2. The van der Waals surface area contributed by atoms with Crippen molar-refractivity contribution in [2.75, 3.05) is 0 Å². The van der Waals surface area contributed by atoms with Gasteiger partial charge >= 0.3 is 0 Å². The predicted molar refractivity (Wildman–Crippen MR) is 80.8 cm³/mol. The Bertz CT molecular complexity index is 608. The van der Waals surface area contributed by atoms with E-state index in [1.54, 1.807) is 6.07 Å². The lowest BCUT2D eigenvalue weighted by atomic mass is 9.92. The van der Waals surface area contributed by atoms with E-state index in [1.165, 1.54) is 22.8 Å². The fourth-order valence-corrected chi connectivity index (χ4v) is 2.52. The average Bonchev–Trinajstić information content (AvgIpc) is 2.42. The minimum absolute atomic E-state index is 0.0269. The Labute approximate surface area is 119 Å². The molecule has 0 aliphatic rings. The minimum atomic E-state index is -0.199. The molecule has 0 heterocycles. The summed E-state index contributed by atoms with van der Waals surface area (Å²) in [4.78, 5) is 0. The molecule has 0 saturated heterocycles. The highest BCUT2D eigenvalue weighted by molar-refractivity contribution is 5.37. The highest BCUT2D eigenvalue weighted by Gasteiger charge is 2.15. The Morgan fingerprint density at radius 2 is 1.85 bits per heavy atom. The Hall–Kier alpha value is -1.71. The largest absolute Gasteiger partial charge is 0.271 e. The Kier molecular flexibility index (Phi) is 4.53. The summed E-state index contributed by atoms with van der Waals surface area (Å²) in [6.45, 7) is 6.12. The number of hydrogen-bond donors (Lipinski definition) is 2.